The lowest BCUT2D eigenvalue weighted by atomic mass is 10.1. The molecule has 0 unspecified atom stereocenters. The van der Waals surface area contributed by atoms with Gasteiger partial charge in [0.1, 0.15) is 0 Å². The molecule has 0 fully saturated rings. The summed E-state index contributed by atoms with van der Waals surface area (Å²) in [4.78, 5) is 12.1. The Morgan fingerprint density at radius 1 is 1.30 bits per heavy atom. The van der Waals surface area contributed by atoms with Crippen LogP contribution in [0.5, 0.6) is 0 Å². The zero-order valence-electron chi connectivity index (χ0n) is 12.3. The van der Waals surface area contributed by atoms with Crippen molar-refractivity contribution in [3.8, 4) is 0 Å². The quantitative estimate of drug-likeness (QED) is 0.908. The molecule has 1 aromatic heterocycles. The molecule has 2 rings (SSSR count). The SMILES string of the molecule is CCc1c(C(=O)NC(C)C)cnn1Cc1ccccc1. The number of aromatic nitrogens is 2. The predicted molar refractivity (Wildman–Crippen MR) is 79.8 cm³/mol. The fourth-order valence-corrected chi connectivity index (χ4v) is 2.21. The molecule has 0 bridgehead atoms. The molecule has 0 saturated carbocycles. The Kier molecular flexibility index (Phi) is 4.56. The highest BCUT2D eigenvalue weighted by atomic mass is 16.1. The first-order valence-electron chi connectivity index (χ1n) is 7.01. The standard InChI is InChI=1S/C16H21N3O/c1-4-15-14(16(20)18-12(2)3)10-17-19(15)11-13-8-6-5-7-9-13/h5-10,12H,4,11H2,1-3H3,(H,18,20). The number of benzene rings is 1. The van der Waals surface area contributed by atoms with Crippen LogP contribution in [0.25, 0.3) is 0 Å². The molecule has 0 saturated heterocycles. The van der Waals surface area contributed by atoms with Gasteiger partial charge in [-0.15, -0.1) is 0 Å². The van der Waals surface area contributed by atoms with E-state index in [-0.39, 0.29) is 11.9 Å². The Labute approximate surface area is 119 Å². The Morgan fingerprint density at radius 2 is 2.00 bits per heavy atom. The number of carbonyl (C=O) groups excluding carboxylic acids is 1. The molecule has 2 aromatic rings. The highest BCUT2D eigenvalue weighted by Crippen LogP contribution is 2.12. The third-order valence-corrected chi connectivity index (χ3v) is 3.12. The molecule has 0 spiro atoms. The van der Waals surface area contributed by atoms with Crippen molar-refractivity contribution in [1.29, 1.82) is 0 Å². The summed E-state index contributed by atoms with van der Waals surface area (Å²) >= 11 is 0. The number of amides is 1. The van der Waals surface area contributed by atoms with Crippen LogP contribution >= 0.6 is 0 Å². The van der Waals surface area contributed by atoms with Gasteiger partial charge < -0.3 is 5.32 Å². The molecular weight excluding hydrogens is 250 g/mol. The zero-order valence-corrected chi connectivity index (χ0v) is 12.3. The lowest BCUT2D eigenvalue weighted by molar-refractivity contribution is 0.0942. The minimum absolute atomic E-state index is 0.0452. The minimum Gasteiger partial charge on any atom is -0.350 e. The van der Waals surface area contributed by atoms with Crippen LogP contribution in [-0.2, 0) is 13.0 Å². The minimum atomic E-state index is -0.0452. The molecule has 0 aliphatic carbocycles. The van der Waals surface area contributed by atoms with E-state index in [0.29, 0.717) is 12.1 Å². The second-order valence-electron chi connectivity index (χ2n) is 5.13. The van der Waals surface area contributed by atoms with E-state index >= 15 is 0 Å². The second-order valence-corrected chi connectivity index (χ2v) is 5.13. The number of hydrogen-bond donors (Lipinski definition) is 1. The van der Waals surface area contributed by atoms with E-state index in [1.54, 1.807) is 6.20 Å². The molecular formula is C16H21N3O. The van der Waals surface area contributed by atoms with Crippen molar-refractivity contribution in [2.75, 3.05) is 0 Å². The molecule has 4 heteroatoms. The molecule has 4 nitrogen and oxygen atoms in total. The van der Waals surface area contributed by atoms with E-state index in [1.165, 1.54) is 5.56 Å². The molecule has 106 valence electrons. The van der Waals surface area contributed by atoms with Crippen LogP contribution in [0, 0.1) is 0 Å². The number of hydrogen-bond acceptors (Lipinski definition) is 2. The van der Waals surface area contributed by atoms with Crippen LogP contribution in [0.15, 0.2) is 36.5 Å². The van der Waals surface area contributed by atoms with Crippen molar-refractivity contribution < 1.29 is 4.79 Å². The summed E-state index contributed by atoms with van der Waals surface area (Å²) < 4.78 is 1.91. The first kappa shape index (κ1) is 14.3. The van der Waals surface area contributed by atoms with Crippen LogP contribution in [0.2, 0.25) is 0 Å². The zero-order chi connectivity index (χ0) is 14.5. The van der Waals surface area contributed by atoms with Gasteiger partial charge in [0.2, 0.25) is 0 Å². The molecule has 0 aliphatic heterocycles. The van der Waals surface area contributed by atoms with E-state index in [9.17, 15) is 4.79 Å². The Bertz CT molecular complexity index is 573. The van der Waals surface area contributed by atoms with Crippen LogP contribution in [0.3, 0.4) is 0 Å². The Morgan fingerprint density at radius 3 is 2.60 bits per heavy atom. The largest absolute Gasteiger partial charge is 0.350 e. The van der Waals surface area contributed by atoms with Crippen molar-refractivity contribution in [1.82, 2.24) is 15.1 Å². The van der Waals surface area contributed by atoms with E-state index in [2.05, 4.69) is 22.5 Å². The van der Waals surface area contributed by atoms with Gasteiger partial charge in [-0.2, -0.15) is 5.10 Å². The lowest BCUT2D eigenvalue weighted by Gasteiger charge is -2.10. The van der Waals surface area contributed by atoms with Crippen molar-refractivity contribution in [3.05, 3.63) is 53.3 Å². The molecule has 1 heterocycles. The highest BCUT2D eigenvalue weighted by molar-refractivity contribution is 5.95. The average Bonchev–Trinajstić information content (AvgIpc) is 2.82. The topological polar surface area (TPSA) is 46.9 Å². The fraction of sp³-hybridized carbons (Fsp3) is 0.375. The lowest BCUT2D eigenvalue weighted by Crippen LogP contribution is -2.30. The summed E-state index contributed by atoms with van der Waals surface area (Å²) in [5.41, 5.74) is 2.84. The van der Waals surface area contributed by atoms with Gasteiger partial charge in [0.15, 0.2) is 0 Å². The van der Waals surface area contributed by atoms with Crippen molar-refractivity contribution in [3.63, 3.8) is 0 Å². The second kappa shape index (κ2) is 6.37. The van der Waals surface area contributed by atoms with Crippen molar-refractivity contribution >= 4 is 5.91 Å². The molecule has 0 atom stereocenters. The summed E-state index contributed by atoms with van der Waals surface area (Å²) in [5, 5.41) is 7.29. The Balaban J connectivity index is 2.23. The van der Waals surface area contributed by atoms with Crippen LogP contribution in [0.1, 0.15) is 42.4 Å². The maximum atomic E-state index is 12.1. The summed E-state index contributed by atoms with van der Waals surface area (Å²) in [7, 11) is 0. The predicted octanol–water partition coefficient (Wildman–Crippen LogP) is 2.63. The van der Waals surface area contributed by atoms with Gasteiger partial charge in [-0.25, -0.2) is 0 Å². The summed E-state index contributed by atoms with van der Waals surface area (Å²) in [6.45, 7) is 6.65. The van der Waals surface area contributed by atoms with E-state index in [0.717, 1.165) is 12.1 Å². The van der Waals surface area contributed by atoms with Gasteiger partial charge in [0, 0.05) is 6.04 Å². The highest BCUT2D eigenvalue weighted by Gasteiger charge is 2.16. The Hall–Kier alpha value is -2.10. The number of carbonyl (C=O) groups is 1. The first-order chi connectivity index (χ1) is 9.61. The molecule has 0 aliphatic rings. The van der Waals surface area contributed by atoms with Gasteiger partial charge in [0.05, 0.1) is 24.0 Å². The van der Waals surface area contributed by atoms with E-state index in [4.69, 9.17) is 0 Å². The smallest absolute Gasteiger partial charge is 0.254 e. The van der Waals surface area contributed by atoms with E-state index in [1.807, 2.05) is 43.7 Å². The molecule has 0 radical (unpaired) electrons. The average molecular weight is 271 g/mol. The summed E-state index contributed by atoms with van der Waals surface area (Å²) in [6.07, 6.45) is 2.45. The third kappa shape index (κ3) is 3.26. The normalized spacial score (nSPS) is 10.8. The van der Waals surface area contributed by atoms with Crippen LogP contribution in [-0.4, -0.2) is 21.7 Å². The monoisotopic (exact) mass is 271 g/mol. The van der Waals surface area contributed by atoms with Crippen LogP contribution in [0.4, 0.5) is 0 Å². The van der Waals surface area contributed by atoms with Gasteiger partial charge in [0.25, 0.3) is 5.91 Å². The molecule has 1 N–H and O–H groups in total. The maximum Gasteiger partial charge on any atom is 0.254 e. The van der Waals surface area contributed by atoms with Gasteiger partial charge >= 0.3 is 0 Å². The molecule has 1 amide bonds. The molecule has 1 aromatic carbocycles. The van der Waals surface area contributed by atoms with Crippen LogP contribution < -0.4 is 5.32 Å². The summed E-state index contributed by atoms with van der Waals surface area (Å²) in [5.74, 6) is -0.0452. The van der Waals surface area contributed by atoms with E-state index < -0.39 is 0 Å². The third-order valence-electron chi connectivity index (χ3n) is 3.12. The maximum absolute atomic E-state index is 12.1. The summed E-state index contributed by atoms with van der Waals surface area (Å²) in [6, 6.07) is 10.3. The number of rotatable bonds is 5. The van der Waals surface area contributed by atoms with Crippen molar-refractivity contribution in [2.24, 2.45) is 0 Å². The number of nitrogens with zero attached hydrogens (tertiary/aromatic N) is 2. The van der Waals surface area contributed by atoms with Crippen molar-refractivity contribution in [2.45, 2.75) is 39.8 Å². The van der Waals surface area contributed by atoms with Gasteiger partial charge in [-0.3, -0.25) is 9.48 Å². The van der Waals surface area contributed by atoms with Gasteiger partial charge in [-0.05, 0) is 25.8 Å². The fourth-order valence-electron chi connectivity index (χ4n) is 2.21. The first-order valence-corrected chi connectivity index (χ1v) is 7.01. The van der Waals surface area contributed by atoms with Gasteiger partial charge in [-0.1, -0.05) is 37.3 Å². The molecule has 20 heavy (non-hydrogen) atoms. The number of nitrogens with one attached hydrogen (secondary N) is 1.